The second-order valence-electron chi connectivity index (χ2n) is 7.26. The molecular weight excluding hydrogens is 410 g/mol. The predicted octanol–water partition coefficient (Wildman–Crippen LogP) is 2.90. The molecule has 0 saturated carbocycles. The number of carbonyl (C=O) groups excluding carboxylic acids is 3. The molecule has 0 atom stereocenters. The van der Waals surface area contributed by atoms with Crippen LogP contribution >= 0.6 is 0 Å². The highest BCUT2D eigenvalue weighted by Gasteiger charge is 2.26. The normalized spacial score (nSPS) is 13.5. The van der Waals surface area contributed by atoms with E-state index in [1.807, 2.05) is 18.2 Å². The van der Waals surface area contributed by atoms with Crippen LogP contribution in [0.15, 0.2) is 77.4 Å². The summed E-state index contributed by atoms with van der Waals surface area (Å²) < 4.78 is 10.9. The number of hydrogen-bond acceptors (Lipinski definition) is 5. The molecule has 0 unspecified atom stereocenters. The van der Waals surface area contributed by atoms with Crippen molar-refractivity contribution < 1.29 is 23.5 Å². The maximum Gasteiger partial charge on any atom is 0.289 e. The van der Waals surface area contributed by atoms with E-state index in [1.165, 1.54) is 6.26 Å². The summed E-state index contributed by atoms with van der Waals surface area (Å²) in [6, 6.07) is 19.2. The number of carbonyl (C=O) groups is 3. The minimum atomic E-state index is -0.315. The van der Waals surface area contributed by atoms with Gasteiger partial charge in [-0.2, -0.15) is 0 Å². The van der Waals surface area contributed by atoms with Gasteiger partial charge in [0.15, 0.2) is 12.4 Å². The molecule has 0 radical (unpaired) electrons. The van der Waals surface area contributed by atoms with Gasteiger partial charge in [0, 0.05) is 31.9 Å². The third kappa shape index (κ3) is 4.97. The fourth-order valence-electron chi connectivity index (χ4n) is 3.45. The zero-order chi connectivity index (χ0) is 22.3. The monoisotopic (exact) mass is 433 g/mol. The number of ether oxygens (including phenoxy) is 1. The molecule has 8 heteroatoms. The maximum absolute atomic E-state index is 12.6. The lowest BCUT2D eigenvalue weighted by atomic mass is 10.2. The maximum atomic E-state index is 12.6. The van der Waals surface area contributed by atoms with E-state index >= 15 is 0 Å². The van der Waals surface area contributed by atoms with Gasteiger partial charge in [-0.1, -0.05) is 30.3 Å². The molecule has 1 aromatic heterocycles. The largest absolute Gasteiger partial charge is 0.483 e. The molecule has 1 aliphatic rings. The lowest BCUT2D eigenvalue weighted by Gasteiger charge is -2.34. The molecule has 2 heterocycles. The summed E-state index contributed by atoms with van der Waals surface area (Å²) in [5.74, 6) is -0.0752. The van der Waals surface area contributed by atoms with E-state index in [4.69, 9.17) is 9.15 Å². The molecule has 3 aromatic rings. The van der Waals surface area contributed by atoms with Crippen LogP contribution in [-0.4, -0.2) is 60.3 Å². The summed E-state index contributed by atoms with van der Waals surface area (Å²) in [7, 11) is 0. The standard InChI is InChI=1S/C24H23N3O5/c28-22(26-12-14-27(15-13-26)24(30)21-11-6-16-31-21)17-32-20-10-5-4-9-19(20)23(29)25-18-7-2-1-3-8-18/h1-11,16H,12-15,17H2,(H,25,29). The fourth-order valence-corrected chi connectivity index (χ4v) is 3.45. The van der Waals surface area contributed by atoms with Crippen molar-refractivity contribution in [2.45, 2.75) is 0 Å². The Morgan fingerprint density at radius 1 is 0.844 bits per heavy atom. The number of amides is 3. The number of benzene rings is 2. The summed E-state index contributed by atoms with van der Waals surface area (Å²) >= 11 is 0. The second kappa shape index (κ2) is 9.82. The highest BCUT2D eigenvalue weighted by molar-refractivity contribution is 6.06. The van der Waals surface area contributed by atoms with Crippen molar-refractivity contribution in [3.8, 4) is 5.75 Å². The van der Waals surface area contributed by atoms with Crippen molar-refractivity contribution in [3.05, 3.63) is 84.3 Å². The van der Waals surface area contributed by atoms with Gasteiger partial charge >= 0.3 is 0 Å². The third-order valence-corrected chi connectivity index (χ3v) is 5.17. The van der Waals surface area contributed by atoms with Crippen LogP contribution in [0.2, 0.25) is 0 Å². The molecule has 0 aliphatic carbocycles. The predicted molar refractivity (Wildman–Crippen MR) is 118 cm³/mol. The Kier molecular flexibility index (Phi) is 6.50. The molecule has 32 heavy (non-hydrogen) atoms. The molecule has 4 rings (SSSR count). The molecule has 0 spiro atoms. The summed E-state index contributed by atoms with van der Waals surface area (Å²) in [6.07, 6.45) is 1.46. The first-order valence-electron chi connectivity index (χ1n) is 10.3. The number of rotatable bonds is 6. The zero-order valence-electron chi connectivity index (χ0n) is 17.4. The van der Waals surface area contributed by atoms with Crippen LogP contribution in [0.5, 0.6) is 5.75 Å². The van der Waals surface area contributed by atoms with Gasteiger partial charge in [0.25, 0.3) is 17.7 Å². The van der Waals surface area contributed by atoms with Crippen molar-refractivity contribution in [1.82, 2.24) is 9.80 Å². The van der Waals surface area contributed by atoms with Crippen LogP contribution in [0.1, 0.15) is 20.9 Å². The van der Waals surface area contributed by atoms with Crippen molar-refractivity contribution in [2.75, 3.05) is 38.1 Å². The molecule has 1 saturated heterocycles. The average Bonchev–Trinajstić information content (AvgIpc) is 3.38. The van der Waals surface area contributed by atoms with E-state index in [0.717, 1.165) is 0 Å². The van der Waals surface area contributed by atoms with Gasteiger partial charge in [-0.3, -0.25) is 14.4 Å². The number of nitrogens with one attached hydrogen (secondary N) is 1. The van der Waals surface area contributed by atoms with E-state index in [2.05, 4.69) is 5.32 Å². The Bertz CT molecular complexity index is 1070. The molecule has 8 nitrogen and oxygen atoms in total. The number of furan rings is 1. The molecule has 2 aromatic carbocycles. The number of para-hydroxylation sites is 2. The van der Waals surface area contributed by atoms with Crippen LogP contribution in [0.3, 0.4) is 0 Å². The minimum absolute atomic E-state index is 0.184. The molecule has 1 aliphatic heterocycles. The SMILES string of the molecule is O=C(Nc1ccccc1)c1ccccc1OCC(=O)N1CCN(C(=O)c2ccco2)CC1. The number of anilines is 1. The van der Waals surface area contributed by atoms with E-state index in [1.54, 1.807) is 58.3 Å². The van der Waals surface area contributed by atoms with Crippen LogP contribution < -0.4 is 10.1 Å². The Hall–Kier alpha value is -4.07. The molecule has 0 bridgehead atoms. The first-order chi connectivity index (χ1) is 15.6. The highest BCUT2D eigenvalue weighted by Crippen LogP contribution is 2.20. The second-order valence-corrected chi connectivity index (χ2v) is 7.26. The van der Waals surface area contributed by atoms with E-state index in [-0.39, 0.29) is 24.3 Å². The van der Waals surface area contributed by atoms with Gasteiger partial charge in [-0.25, -0.2) is 0 Å². The Labute approximate surface area is 185 Å². The quantitative estimate of drug-likeness (QED) is 0.645. The summed E-state index contributed by atoms with van der Waals surface area (Å²) in [6.45, 7) is 1.46. The van der Waals surface area contributed by atoms with Gasteiger partial charge in [-0.15, -0.1) is 0 Å². The van der Waals surface area contributed by atoms with Gasteiger partial charge in [0.05, 0.1) is 11.8 Å². The van der Waals surface area contributed by atoms with E-state index < -0.39 is 0 Å². The summed E-state index contributed by atoms with van der Waals surface area (Å²) in [5.41, 5.74) is 1.02. The van der Waals surface area contributed by atoms with Gasteiger partial charge in [0.2, 0.25) is 0 Å². The van der Waals surface area contributed by atoms with Crippen molar-refractivity contribution in [2.24, 2.45) is 0 Å². The molecule has 3 amide bonds. The average molecular weight is 433 g/mol. The lowest BCUT2D eigenvalue weighted by Crippen LogP contribution is -2.51. The van der Waals surface area contributed by atoms with Crippen LogP contribution in [0, 0.1) is 0 Å². The Morgan fingerprint density at radius 3 is 2.25 bits per heavy atom. The van der Waals surface area contributed by atoms with Crippen molar-refractivity contribution in [3.63, 3.8) is 0 Å². The minimum Gasteiger partial charge on any atom is -0.483 e. The van der Waals surface area contributed by atoms with Gasteiger partial charge in [-0.05, 0) is 36.4 Å². The molecular formula is C24H23N3O5. The Morgan fingerprint density at radius 2 is 1.53 bits per heavy atom. The van der Waals surface area contributed by atoms with Crippen LogP contribution in [0.25, 0.3) is 0 Å². The molecule has 1 fully saturated rings. The van der Waals surface area contributed by atoms with Crippen molar-refractivity contribution >= 4 is 23.4 Å². The number of nitrogens with zero attached hydrogens (tertiary/aromatic N) is 2. The molecule has 164 valence electrons. The van der Waals surface area contributed by atoms with E-state index in [9.17, 15) is 14.4 Å². The topological polar surface area (TPSA) is 92.1 Å². The smallest absolute Gasteiger partial charge is 0.289 e. The first kappa shape index (κ1) is 21.2. The van der Waals surface area contributed by atoms with E-state index in [0.29, 0.717) is 48.9 Å². The zero-order valence-corrected chi connectivity index (χ0v) is 17.4. The lowest BCUT2D eigenvalue weighted by molar-refractivity contribution is -0.134. The van der Waals surface area contributed by atoms with Crippen LogP contribution in [-0.2, 0) is 4.79 Å². The van der Waals surface area contributed by atoms with Gasteiger partial charge < -0.3 is 24.3 Å². The summed E-state index contributed by atoms with van der Waals surface area (Å²) in [5, 5.41) is 2.82. The molecule has 1 N–H and O–H groups in total. The Balaban J connectivity index is 1.31. The summed E-state index contributed by atoms with van der Waals surface area (Å²) in [4.78, 5) is 40.9. The third-order valence-electron chi connectivity index (χ3n) is 5.17. The number of hydrogen-bond donors (Lipinski definition) is 1. The fraction of sp³-hybridized carbons (Fsp3) is 0.208. The first-order valence-corrected chi connectivity index (χ1v) is 10.3. The highest BCUT2D eigenvalue weighted by atomic mass is 16.5. The number of piperazine rings is 1. The van der Waals surface area contributed by atoms with Gasteiger partial charge in [0.1, 0.15) is 5.75 Å². The van der Waals surface area contributed by atoms with Crippen LogP contribution in [0.4, 0.5) is 5.69 Å². The van der Waals surface area contributed by atoms with Crippen molar-refractivity contribution in [1.29, 1.82) is 0 Å².